The molecule has 0 aromatic heterocycles. The maximum atomic E-state index is 10.1. The molecule has 0 spiro atoms. The zero-order valence-electron chi connectivity index (χ0n) is 20.6. The molecule has 4 aliphatic rings. The summed E-state index contributed by atoms with van der Waals surface area (Å²) >= 11 is 0. The number of ether oxygens (including phenoxy) is 3. The first-order valence-corrected chi connectivity index (χ1v) is 13.3. The number of hydrogen-bond acceptors (Lipinski definition) is 6. The molecule has 0 aliphatic carbocycles. The quantitative estimate of drug-likeness (QED) is 0.550. The molecule has 4 rings (SSSR count). The summed E-state index contributed by atoms with van der Waals surface area (Å²) in [5.41, 5.74) is 1.37. The van der Waals surface area contributed by atoms with Gasteiger partial charge in [-0.3, -0.25) is 4.99 Å². The second kappa shape index (κ2) is 19.2. The molecule has 4 aliphatic heterocycles. The third-order valence-corrected chi connectivity index (χ3v) is 6.92. The molecule has 0 aromatic carbocycles. The van der Waals surface area contributed by atoms with Gasteiger partial charge in [0.1, 0.15) is 6.29 Å². The van der Waals surface area contributed by atoms with E-state index in [1.165, 1.54) is 50.7 Å². The third kappa shape index (κ3) is 14.0. The number of allylic oxidation sites excluding steroid dienone is 1. The second-order valence-corrected chi connectivity index (χ2v) is 9.63. The van der Waals surface area contributed by atoms with Crippen LogP contribution < -0.4 is 0 Å². The van der Waals surface area contributed by atoms with Crippen molar-refractivity contribution < 1.29 is 24.1 Å². The summed E-state index contributed by atoms with van der Waals surface area (Å²) in [6, 6.07) is 0. The van der Waals surface area contributed by atoms with Crippen LogP contribution in [0.5, 0.6) is 0 Å². The Morgan fingerprint density at radius 2 is 1.39 bits per heavy atom. The Morgan fingerprint density at radius 3 is 1.97 bits per heavy atom. The van der Waals surface area contributed by atoms with Crippen molar-refractivity contribution in [3.05, 3.63) is 12.3 Å². The molecule has 190 valence electrons. The number of aldehydes is 1. The lowest BCUT2D eigenvalue weighted by Gasteiger charge is -2.12. The zero-order chi connectivity index (χ0) is 23.4. The molecule has 1 N–H and O–H groups in total. The molecule has 3 unspecified atom stereocenters. The van der Waals surface area contributed by atoms with Crippen LogP contribution in [0.4, 0.5) is 0 Å². The Kier molecular flexibility index (Phi) is 16.4. The first-order valence-electron chi connectivity index (χ1n) is 13.3. The lowest BCUT2D eigenvalue weighted by atomic mass is 9.94. The predicted molar refractivity (Wildman–Crippen MR) is 133 cm³/mol. The molecular weight excluding hydrogens is 418 g/mol. The number of hydrogen-bond donors (Lipinski definition) is 1. The van der Waals surface area contributed by atoms with Gasteiger partial charge in [-0.25, -0.2) is 0 Å². The van der Waals surface area contributed by atoms with Gasteiger partial charge in [-0.2, -0.15) is 0 Å². The number of aliphatic hydroxyl groups excluding tert-OH is 1. The molecular formula is C27H47NO5. The van der Waals surface area contributed by atoms with E-state index in [2.05, 4.69) is 11.1 Å². The molecule has 33 heavy (non-hydrogen) atoms. The number of nitrogens with zero attached hydrogens (tertiary/aromatic N) is 1. The van der Waals surface area contributed by atoms with Gasteiger partial charge in [0, 0.05) is 71.0 Å². The minimum atomic E-state index is 0.338. The summed E-state index contributed by atoms with van der Waals surface area (Å²) in [6.07, 6.45) is 19.7. The van der Waals surface area contributed by atoms with Gasteiger partial charge >= 0.3 is 0 Å². The van der Waals surface area contributed by atoms with Crippen LogP contribution >= 0.6 is 0 Å². The molecule has 3 atom stereocenters. The van der Waals surface area contributed by atoms with E-state index >= 15 is 0 Å². The van der Waals surface area contributed by atoms with Crippen LogP contribution in [-0.2, 0) is 19.0 Å². The van der Waals surface area contributed by atoms with Crippen molar-refractivity contribution in [3.63, 3.8) is 0 Å². The number of aliphatic hydroxyl groups is 1. The van der Waals surface area contributed by atoms with Crippen LogP contribution in [0.1, 0.15) is 83.5 Å². The molecule has 0 amide bonds. The normalized spacial score (nSPS) is 28.0. The van der Waals surface area contributed by atoms with Crippen LogP contribution in [0.3, 0.4) is 0 Å². The predicted octanol–water partition coefficient (Wildman–Crippen LogP) is 5.13. The van der Waals surface area contributed by atoms with E-state index in [4.69, 9.17) is 19.3 Å². The first-order chi connectivity index (χ1) is 16.3. The fourth-order valence-electron chi connectivity index (χ4n) is 4.83. The summed E-state index contributed by atoms with van der Waals surface area (Å²) in [6.45, 7) is 5.79. The Labute approximate surface area is 201 Å². The molecule has 0 saturated carbocycles. The summed E-state index contributed by atoms with van der Waals surface area (Å²) in [5, 5.41) is 8.67. The topological polar surface area (TPSA) is 77.4 Å². The number of carbonyl (C=O) groups is 1. The van der Waals surface area contributed by atoms with Crippen LogP contribution in [0.2, 0.25) is 0 Å². The van der Waals surface area contributed by atoms with Gasteiger partial charge in [0.2, 0.25) is 0 Å². The van der Waals surface area contributed by atoms with Gasteiger partial charge < -0.3 is 24.1 Å². The average molecular weight is 466 g/mol. The average Bonchev–Trinajstić information content (AvgIpc) is 3.04. The van der Waals surface area contributed by atoms with Crippen LogP contribution in [0.25, 0.3) is 0 Å². The lowest BCUT2D eigenvalue weighted by Crippen LogP contribution is -2.07. The fraction of sp³-hybridized carbons (Fsp3) is 0.852. The van der Waals surface area contributed by atoms with Crippen LogP contribution in [0.15, 0.2) is 17.3 Å². The number of aliphatic imine (C=N–C) groups is 1. The molecule has 0 radical (unpaired) electrons. The van der Waals surface area contributed by atoms with Crippen LogP contribution in [-0.4, -0.2) is 63.4 Å². The summed E-state index contributed by atoms with van der Waals surface area (Å²) < 4.78 is 16.0. The van der Waals surface area contributed by atoms with Crippen molar-refractivity contribution in [2.24, 2.45) is 22.7 Å². The second-order valence-electron chi connectivity index (χ2n) is 9.63. The summed E-state index contributed by atoms with van der Waals surface area (Å²) in [7, 11) is 0. The molecule has 3 saturated heterocycles. The van der Waals surface area contributed by atoms with Gasteiger partial charge in [0.15, 0.2) is 0 Å². The minimum absolute atomic E-state index is 0.338. The molecule has 3 fully saturated rings. The highest BCUT2D eigenvalue weighted by Gasteiger charge is 2.15. The van der Waals surface area contributed by atoms with Crippen LogP contribution in [0, 0.1) is 17.8 Å². The number of rotatable bonds is 6. The summed E-state index contributed by atoms with van der Waals surface area (Å²) in [5.74, 6) is 2.13. The van der Waals surface area contributed by atoms with Gasteiger partial charge in [-0.05, 0) is 88.4 Å². The monoisotopic (exact) mass is 465 g/mol. The first kappa shape index (κ1) is 28.2. The Balaban J connectivity index is 0.000000178. The van der Waals surface area contributed by atoms with Gasteiger partial charge in [0.25, 0.3) is 0 Å². The van der Waals surface area contributed by atoms with E-state index in [0.717, 1.165) is 90.4 Å². The van der Waals surface area contributed by atoms with Crippen molar-refractivity contribution in [2.45, 2.75) is 83.5 Å². The largest absolute Gasteiger partial charge is 0.396 e. The Bertz CT molecular complexity index is 527. The molecule has 4 heterocycles. The van der Waals surface area contributed by atoms with Gasteiger partial charge in [0.05, 0.1) is 0 Å². The van der Waals surface area contributed by atoms with Crippen molar-refractivity contribution in [2.75, 3.05) is 46.2 Å². The maximum Gasteiger partial charge on any atom is 0.120 e. The zero-order valence-corrected chi connectivity index (χ0v) is 20.6. The Morgan fingerprint density at radius 1 is 0.818 bits per heavy atom. The molecule has 0 aromatic rings. The summed E-state index contributed by atoms with van der Waals surface area (Å²) in [4.78, 5) is 14.5. The molecule has 0 bridgehead atoms. The minimum Gasteiger partial charge on any atom is -0.396 e. The third-order valence-electron chi connectivity index (χ3n) is 6.92. The lowest BCUT2D eigenvalue weighted by molar-refractivity contribution is -0.108. The highest BCUT2D eigenvalue weighted by molar-refractivity contribution is 5.88. The van der Waals surface area contributed by atoms with Gasteiger partial charge in [-0.15, -0.1) is 0 Å². The van der Waals surface area contributed by atoms with Gasteiger partial charge in [-0.1, -0.05) is 6.08 Å². The van der Waals surface area contributed by atoms with E-state index < -0.39 is 0 Å². The number of carbonyl (C=O) groups excluding carboxylic acids is 1. The van der Waals surface area contributed by atoms with E-state index in [-0.39, 0.29) is 0 Å². The van der Waals surface area contributed by atoms with Crippen molar-refractivity contribution in [1.29, 1.82) is 0 Å². The smallest absolute Gasteiger partial charge is 0.120 e. The highest BCUT2D eigenvalue weighted by Crippen LogP contribution is 2.22. The van der Waals surface area contributed by atoms with E-state index in [1.54, 1.807) is 0 Å². The van der Waals surface area contributed by atoms with E-state index in [1.807, 2.05) is 6.20 Å². The molecule has 6 nitrogen and oxygen atoms in total. The van der Waals surface area contributed by atoms with Crippen molar-refractivity contribution in [1.82, 2.24) is 0 Å². The van der Waals surface area contributed by atoms with E-state index in [0.29, 0.717) is 18.4 Å². The SMILES string of the molecule is C1=CN=C(CC2CCCOCC2)C1.O=CCC1CCCOCC1.OCCC1CCCOCC1. The van der Waals surface area contributed by atoms with Crippen molar-refractivity contribution >= 4 is 12.0 Å². The standard InChI is InChI=1S/C11H17NO.C8H16O2.C8H14O2/c1-4-11(12-6-1)9-10-3-2-7-13-8-5-10;2*9-5-3-8-2-1-6-10-7-4-8/h1,6,10H,2-5,7-9H2;8-9H,1-7H2;5,8H,1-4,6-7H2. The molecule has 6 heteroatoms. The fourth-order valence-corrected chi connectivity index (χ4v) is 4.83. The van der Waals surface area contributed by atoms with Crippen molar-refractivity contribution in [3.8, 4) is 0 Å². The highest BCUT2D eigenvalue weighted by atomic mass is 16.5. The Hall–Kier alpha value is -1.08. The van der Waals surface area contributed by atoms with E-state index in [9.17, 15) is 4.79 Å². The maximum absolute atomic E-state index is 10.1.